The van der Waals surface area contributed by atoms with Crippen molar-refractivity contribution < 1.29 is 14.3 Å². The van der Waals surface area contributed by atoms with Gasteiger partial charge in [0.2, 0.25) is 5.60 Å². The van der Waals surface area contributed by atoms with E-state index in [1.807, 2.05) is 13.8 Å². The normalized spacial score (nSPS) is 24.7. The highest BCUT2D eigenvalue weighted by molar-refractivity contribution is 6.35. The van der Waals surface area contributed by atoms with Crippen LogP contribution in [-0.2, 0) is 19.9 Å². The van der Waals surface area contributed by atoms with E-state index in [4.69, 9.17) is 32.7 Å². The molecule has 1 aliphatic heterocycles. The zero-order chi connectivity index (χ0) is 13.6. The van der Waals surface area contributed by atoms with Gasteiger partial charge in [-0.15, -0.1) is 0 Å². The molecule has 0 aliphatic carbocycles. The predicted molar refractivity (Wildman–Crippen MR) is 69.9 cm³/mol. The van der Waals surface area contributed by atoms with Gasteiger partial charge in [0, 0.05) is 15.6 Å². The monoisotopic (exact) mass is 288 g/mol. The number of carbonyl (C=O) groups excluding carboxylic acids is 1. The minimum absolute atomic E-state index is 0.297. The molecular weight excluding hydrogens is 275 g/mol. The summed E-state index contributed by atoms with van der Waals surface area (Å²) in [5.74, 6) is -0.417. The number of halogens is 2. The second-order valence-electron chi connectivity index (χ2n) is 4.64. The van der Waals surface area contributed by atoms with Crippen LogP contribution >= 0.6 is 23.2 Å². The standard InChI is InChI=1S/C13H14Cl2O3/c1-4-17-11(16)13(12(2,3)18-13)9-6-5-8(14)7-10(9)15/h5-7H,4H2,1-3H3. The fraction of sp³-hybridized carbons (Fsp3) is 0.462. The molecule has 0 bridgehead atoms. The molecule has 0 radical (unpaired) electrons. The zero-order valence-electron chi connectivity index (χ0n) is 10.4. The van der Waals surface area contributed by atoms with Gasteiger partial charge in [-0.2, -0.15) is 0 Å². The minimum Gasteiger partial charge on any atom is -0.464 e. The highest BCUT2D eigenvalue weighted by atomic mass is 35.5. The fourth-order valence-corrected chi connectivity index (χ4v) is 2.68. The average Bonchev–Trinajstić information content (AvgIpc) is 2.83. The molecule has 1 fully saturated rings. The first-order chi connectivity index (χ1) is 8.35. The van der Waals surface area contributed by atoms with E-state index in [1.165, 1.54) is 0 Å². The number of esters is 1. The lowest BCUT2D eigenvalue weighted by Gasteiger charge is -2.15. The van der Waals surface area contributed by atoms with Crippen molar-refractivity contribution in [3.63, 3.8) is 0 Å². The number of benzene rings is 1. The van der Waals surface area contributed by atoms with E-state index in [0.717, 1.165) is 0 Å². The summed E-state index contributed by atoms with van der Waals surface area (Å²) >= 11 is 12.0. The summed E-state index contributed by atoms with van der Waals surface area (Å²) in [7, 11) is 0. The third kappa shape index (κ3) is 1.91. The Balaban J connectivity index is 2.47. The van der Waals surface area contributed by atoms with Crippen molar-refractivity contribution in [3.8, 4) is 0 Å². The maximum atomic E-state index is 12.1. The first kappa shape index (κ1) is 13.7. The molecule has 0 amide bonds. The summed E-state index contributed by atoms with van der Waals surface area (Å²) in [5.41, 5.74) is -1.15. The van der Waals surface area contributed by atoms with Gasteiger partial charge in [-0.1, -0.05) is 29.3 Å². The number of carbonyl (C=O) groups is 1. The Hall–Kier alpha value is -0.770. The molecule has 0 saturated carbocycles. The van der Waals surface area contributed by atoms with Crippen LogP contribution in [0.5, 0.6) is 0 Å². The van der Waals surface area contributed by atoms with Crippen molar-refractivity contribution >= 4 is 29.2 Å². The van der Waals surface area contributed by atoms with Gasteiger partial charge >= 0.3 is 5.97 Å². The van der Waals surface area contributed by atoms with E-state index in [0.29, 0.717) is 22.2 Å². The Labute approximate surface area is 116 Å². The lowest BCUT2D eigenvalue weighted by Crippen LogP contribution is -2.31. The van der Waals surface area contributed by atoms with Gasteiger partial charge in [0.25, 0.3) is 0 Å². The van der Waals surface area contributed by atoms with Crippen LogP contribution < -0.4 is 0 Å². The number of hydrogen-bond donors (Lipinski definition) is 0. The van der Waals surface area contributed by atoms with Crippen molar-refractivity contribution in [2.24, 2.45) is 0 Å². The van der Waals surface area contributed by atoms with E-state index in [-0.39, 0.29) is 0 Å². The summed E-state index contributed by atoms with van der Waals surface area (Å²) in [4.78, 5) is 12.1. The average molecular weight is 289 g/mol. The van der Waals surface area contributed by atoms with Crippen LogP contribution in [-0.4, -0.2) is 18.2 Å². The van der Waals surface area contributed by atoms with Crippen LogP contribution in [0.15, 0.2) is 18.2 Å². The lowest BCUT2D eigenvalue weighted by molar-refractivity contribution is -0.150. The molecular formula is C13H14Cl2O3. The van der Waals surface area contributed by atoms with Gasteiger partial charge in [-0.05, 0) is 32.9 Å². The van der Waals surface area contributed by atoms with Crippen LogP contribution in [0.3, 0.4) is 0 Å². The van der Waals surface area contributed by atoms with Crippen LogP contribution in [0.1, 0.15) is 26.3 Å². The van der Waals surface area contributed by atoms with E-state index in [2.05, 4.69) is 0 Å². The van der Waals surface area contributed by atoms with Crippen molar-refractivity contribution in [1.82, 2.24) is 0 Å². The van der Waals surface area contributed by atoms with Crippen molar-refractivity contribution in [2.75, 3.05) is 6.61 Å². The fourth-order valence-electron chi connectivity index (χ4n) is 2.14. The molecule has 0 spiro atoms. The van der Waals surface area contributed by atoms with Crippen LogP contribution in [0.4, 0.5) is 0 Å². The largest absolute Gasteiger partial charge is 0.464 e. The molecule has 1 aliphatic rings. The van der Waals surface area contributed by atoms with Gasteiger partial charge in [-0.3, -0.25) is 0 Å². The van der Waals surface area contributed by atoms with Crippen LogP contribution in [0, 0.1) is 0 Å². The van der Waals surface area contributed by atoms with Gasteiger partial charge < -0.3 is 9.47 Å². The number of rotatable bonds is 3. The van der Waals surface area contributed by atoms with Gasteiger partial charge in [-0.25, -0.2) is 4.79 Å². The third-order valence-electron chi connectivity index (χ3n) is 3.09. The highest BCUT2D eigenvalue weighted by Gasteiger charge is 2.72. The Morgan fingerprint density at radius 2 is 2.00 bits per heavy atom. The first-order valence-electron chi connectivity index (χ1n) is 5.68. The van der Waals surface area contributed by atoms with Gasteiger partial charge in [0.15, 0.2) is 0 Å². The van der Waals surface area contributed by atoms with Crippen molar-refractivity contribution in [2.45, 2.75) is 32.0 Å². The van der Waals surface area contributed by atoms with Crippen molar-refractivity contribution in [1.29, 1.82) is 0 Å². The topological polar surface area (TPSA) is 38.8 Å². The molecule has 1 aromatic rings. The zero-order valence-corrected chi connectivity index (χ0v) is 11.9. The molecule has 1 saturated heterocycles. The highest BCUT2D eigenvalue weighted by Crippen LogP contribution is 2.57. The summed E-state index contributed by atoms with van der Waals surface area (Å²) < 4.78 is 10.7. The Morgan fingerprint density at radius 3 is 2.44 bits per heavy atom. The summed E-state index contributed by atoms with van der Waals surface area (Å²) in [6.45, 7) is 5.71. The smallest absolute Gasteiger partial charge is 0.346 e. The SMILES string of the molecule is CCOC(=O)C1(c2ccc(Cl)cc2Cl)OC1(C)C. The Kier molecular flexibility index (Phi) is 3.34. The molecule has 0 N–H and O–H groups in total. The molecule has 0 aromatic heterocycles. The van der Waals surface area contributed by atoms with Gasteiger partial charge in [0.05, 0.1) is 6.61 Å². The van der Waals surface area contributed by atoms with Crippen molar-refractivity contribution in [3.05, 3.63) is 33.8 Å². The number of ether oxygens (including phenoxy) is 2. The molecule has 1 atom stereocenters. The summed E-state index contributed by atoms with van der Waals surface area (Å²) in [6, 6.07) is 4.98. The molecule has 18 heavy (non-hydrogen) atoms. The second kappa shape index (κ2) is 4.41. The quantitative estimate of drug-likeness (QED) is 0.631. The van der Waals surface area contributed by atoms with E-state index in [1.54, 1.807) is 25.1 Å². The number of hydrogen-bond acceptors (Lipinski definition) is 3. The Morgan fingerprint density at radius 1 is 1.39 bits per heavy atom. The van der Waals surface area contributed by atoms with Crippen LogP contribution in [0.25, 0.3) is 0 Å². The molecule has 5 heteroatoms. The maximum absolute atomic E-state index is 12.1. The molecule has 1 heterocycles. The predicted octanol–water partition coefficient (Wildman–Crippen LogP) is 3.56. The number of epoxide rings is 1. The first-order valence-corrected chi connectivity index (χ1v) is 6.43. The summed E-state index contributed by atoms with van der Waals surface area (Å²) in [6.07, 6.45) is 0. The van der Waals surface area contributed by atoms with E-state index < -0.39 is 17.2 Å². The molecule has 2 rings (SSSR count). The van der Waals surface area contributed by atoms with E-state index in [9.17, 15) is 4.79 Å². The maximum Gasteiger partial charge on any atom is 0.346 e. The van der Waals surface area contributed by atoms with Gasteiger partial charge in [0.1, 0.15) is 5.60 Å². The minimum atomic E-state index is -1.12. The molecule has 3 nitrogen and oxygen atoms in total. The third-order valence-corrected chi connectivity index (χ3v) is 3.64. The van der Waals surface area contributed by atoms with E-state index >= 15 is 0 Å². The summed E-state index contributed by atoms with van der Waals surface area (Å²) in [5, 5.41) is 0.919. The molecule has 98 valence electrons. The molecule has 1 unspecified atom stereocenters. The molecule has 1 aromatic carbocycles. The lowest BCUT2D eigenvalue weighted by atomic mass is 9.88. The second-order valence-corrected chi connectivity index (χ2v) is 5.48. The Bertz CT molecular complexity index is 499. The van der Waals surface area contributed by atoms with Crippen LogP contribution in [0.2, 0.25) is 10.0 Å².